The maximum Gasteiger partial charge on any atom is 0.282 e. The molecule has 3 aliphatic heterocycles. The largest absolute Gasteiger partial charge is 0.475 e. The maximum absolute atomic E-state index is 14.7. The number of nitrogens with zero attached hydrogens (tertiary/aromatic N) is 6. The number of benzene rings is 2. The average Bonchev–Trinajstić information content (AvgIpc) is 3.44. The molecule has 0 unspecified atom stereocenters. The van der Waals surface area contributed by atoms with Crippen molar-refractivity contribution in [2.24, 2.45) is 0 Å². The number of piperazine rings is 1. The van der Waals surface area contributed by atoms with Gasteiger partial charge < -0.3 is 24.3 Å². The molecular formula is C35H40F2N6O2. The number of ether oxygens (including phenoxy) is 1. The molecule has 8 nitrogen and oxygen atoms in total. The van der Waals surface area contributed by atoms with Gasteiger partial charge in [0.15, 0.2) is 5.83 Å². The number of fused-ring (bicyclic) bond motifs is 2. The van der Waals surface area contributed by atoms with E-state index >= 15 is 0 Å². The smallest absolute Gasteiger partial charge is 0.282 e. The van der Waals surface area contributed by atoms with Crippen LogP contribution in [0.25, 0.3) is 10.8 Å². The van der Waals surface area contributed by atoms with Crippen LogP contribution >= 0.6 is 0 Å². The van der Waals surface area contributed by atoms with E-state index in [2.05, 4.69) is 34.4 Å². The first kappa shape index (κ1) is 30.8. The molecule has 0 radical (unpaired) electrons. The number of likely N-dealkylation sites (tertiary alicyclic amines) is 1. The van der Waals surface area contributed by atoms with Gasteiger partial charge in [-0.05, 0) is 76.7 Å². The van der Waals surface area contributed by atoms with Gasteiger partial charge in [0.05, 0.1) is 17.9 Å². The van der Waals surface area contributed by atoms with E-state index in [1.807, 2.05) is 45.0 Å². The monoisotopic (exact) mass is 614 g/mol. The Hall–Kier alpha value is -4.23. The SMILES string of the molecule is C=C(F)C(=O)N1[C@H](C)CN(c2c(C#N)c(OC[C@@H]3CCCN3C)nc3c2CCN(c2cccc4ccc(F)c(C)c24)C3)C[C@@H]1C. The standard InChI is InChI=1S/C35H40F2N6O2/c1-21-17-42(18-22(2)43(21)35(44)24(4)36)33-27-13-15-41(31-10-6-8-25-11-12-29(37)23(3)32(25)31)19-30(27)39-34(28(33)16-38)45-20-26-9-7-14-40(26)5/h6,8,10-12,21-22,26H,4,7,9,13-15,17-20H2,1-3,5H3/t21-,22+,26-/m0/s1. The number of rotatable bonds is 6. The summed E-state index contributed by atoms with van der Waals surface area (Å²) in [7, 11) is 2.08. The lowest BCUT2D eigenvalue weighted by atomic mass is 9.95. The summed E-state index contributed by atoms with van der Waals surface area (Å²) in [5, 5.41) is 12.4. The van der Waals surface area contributed by atoms with E-state index in [0.717, 1.165) is 52.8 Å². The molecule has 6 rings (SSSR count). The molecular weight excluding hydrogens is 574 g/mol. The topological polar surface area (TPSA) is 75.9 Å². The van der Waals surface area contributed by atoms with E-state index in [9.17, 15) is 18.8 Å². The minimum Gasteiger partial charge on any atom is -0.475 e. The van der Waals surface area contributed by atoms with Gasteiger partial charge in [0.25, 0.3) is 5.91 Å². The highest BCUT2D eigenvalue weighted by Gasteiger charge is 2.38. The molecule has 3 aliphatic rings. The third-order valence-corrected chi connectivity index (χ3v) is 9.75. The van der Waals surface area contributed by atoms with Crippen LogP contribution in [0.1, 0.15) is 49.1 Å². The minimum atomic E-state index is -0.975. The maximum atomic E-state index is 14.7. The van der Waals surface area contributed by atoms with Gasteiger partial charge in [-0.2, -0.15) is 5.26 Å². The van der Waals surface area contributed by atoms with Crippen molar-refractivity contribution in [3.63, 3.8) is 0 Å². The normalized spacial score (nSPS) is 22.0. The summed E-state index contributed by atoms with van der Waals surface area (Å²) in [6.45, 7) is 12.2. The van der Waals surface area contributed by atoms with Gasteiger partial charge >= 0.3 is 0 Å². The molecule has 2 saturated heterocycles. The van der Waals surface area contributed by atoms with Crippen LogP contribution in [0.2, 0.25) is 0 Å². The van der Waals surface area contributed by atoms with Crippen molar-refractivity contribution < 1.29 is 18.3 Å². The zero-order valence-corrected chi connectivity index (χ0v) is 26.4. The van der Waals surface area contributed by atoms with Crippen LogP contribution < -0.4 is 14.5 Å². The number of anilines is 2. The van der Waals surface area contributed by atoms with Crippen molar-refractivity contribution in [2.45, 2.75) is 64.7 Å². The number of pyridine rings is 1. The summed E-state index contributed by atoms with van der Waals surface area (Å²) < 4.78 is 35.0. The van der Waals surface area contributed by atoms with Gasteiger partial charge in [-0.3, -0.25) is 4.79 Å². The first-order valence-corrected chi connectivity index (χ1v) is 15.7. The number of aryl methyl sites for hydroxylation is 1. The van der Waals surface area contributed by atoms with E-state index in [0.29, 0.717) is 56.2 Å². The fourth-order valence-electron chi connectivity index (χ4n) is 7.48. The fourth-order valence-corrected chi connectivity index (χ4v) is 7.48. The van der Waals surface area contributed by atoms with Gasteiger partial charge in [-0.15, -0.1) is 0 Å². The Morgan fingerprint density at radius 2 is 1.91 bits per heavy atom. The van der Waals surface area contributed by atoms with Crippen LogP contribution in [0, 0.1) is 24.1 Å². The molecule has 0 saturated carbocycles. The van der Waals surface area contributed by atoms with E-state index in [1.165, 1.54) is 11.0 Å². The summed E-state index contributed by atoms with van der Waals surface area (Å²) in [5.74, 6) is -1.60. The molecule has 2 fully saturated rings. The molecule has 0 aliphatic carbocycles. The molecule has 0 bridgehead atoms. The number of halogens is 2. The third kappa shape index (κ3) is 5.59. The molecule has 236 valence electrons. The highest BCUT2D eigenvalue weighted by Crippen LogP contribution is 2.40. The summed E-state index contributed by atoms with van der Waals surface area (Å²) in [6.07, 6.45) is 2.74. The predicted molar refractivity (Wildman–Crippen MR) is 172 cm³/mol. The Balaban J connectivity index is 1.41. The molecule has 3 aromatic rings. The Kier molecular flexibility index (Phi) is 8.40. The number of amides is 1. The highest BCUT2D eigenvalue weighted by atomic mass is 19.1. The molecule has 10 heteroatoms. The number of carbonyl (C=O) groups excluding carboxylic acids is 1. The lowest BCUT2D eigenvalue weighted by Gasteiger charge is -2.46. The van der Waals surface area contributed by atoms with Crippen LogP contribution in [-0.4, -0.2) is 78.7 Å². The second-order valence-corrected chi connectivity index (χ2v) is 12.7. The van der Waals surface area contributed by atoms with Gasteiger partial charge in [0.1, 0.15) is 24.1 Å². The third-order valence-electron chi connectivity index (χ3n) is 9.75. The average molecular weight is 615 g/mol. The highest BCUT2D eigenvalue weighted by molar-refractivity contribution is 5.97. The Morgan fingerprint density at radius 1 is 1.16 bits per heavy atom. The van der Waals surface area contributed by atoms with Crippen molar-refractivity contribution in [3.8, 4) is 11.9 Å². The quantitative estimate of drug-likeness (QED) is 0.340. The second-order valence-electron chi connectivity index (χ2n) is 12.7. The van der Waals surface area contributed by atoms with Gasteiger partial charge in [0, 0.05) is 54.4 Å². The number of carbonyl (C=O) groups is 1. The lowest BCUT2D eigenvalue weighted by molar-refractivity contribution is -0.133. The molecule has 2 aromatic carbocycles. The Morgan fingerprint density at radius 3 is 2.58 bits per heavy atom. The summed E-state index contributed by atoms with van der Waals surface area (Å²) in [5.41, 5.74) is 4.51. The van der Waals surface area contributed by atoms with Gasteiger partial charge in [-0.25, -0.2) is 13.8 Å². The van der Waals surface area contributed by atoms with Crippen molar-refractivity contribution in [2.75, 3.05) is 49.6 Å². The number of hydrogen-bond acceptors (Lipinski definition) is 7. The Labute approximate surface area is 263 Å². The van der Waals surface area contributed by atoms with Gasteiger partial charge in [-0.1, -0.05) is 24.8 Å². The fraction of sp³-hybridized carbons (Fsp3) is 0.457. The Bertz CT molecular complexity index is 1690. The molecule has 0 N–H and O–H groups in total. The number of likely N-dealkylation sites (N-methyl/N-ethyl adjacent to an activating group) is 1. The number of nitriles is 1. The zero-order valence-electron chi connectivity index (χ0n) is 26.4. The van der Waals surface area contributed by atoms with Crippen LogP contribution in [-0.2, 0) is 17.8 Å². The van der Waals surface area contributed by atoms with Crippen molar-refractivity contribution >= 4 is 28.1 Å². The molecule has 45 heavy (non-hydrogen) atoms. The number of aromatic nitrogens is 1. The molecule has 1 amide bonds. The lowest BCUT2D eigenvalue weighted by Crippen LogP contribution is -2.59. The van der Waals surface area contributed by atoms with E-state index in [-0.39, 0.29) is 23.9 Å². The summed E-state index contributed by atoms with van der Waals surface area (Å²) in [4.78, 5) is 25.8. The second kappa shape index (κ2) is 12.3. The van der Waals surface area contributed by atoms with Crippen molar-refractivity contribution in [1.29, 1.82) is 5.26 Å². The summed E-state index contributed by atoms with van der Waals surface area (Å²) >= 11 is 0. The summed E-state index contributed by atoms with van der Waals surface area (Å²) in [6, 6.07) is 11.4. The predicted octanol–water partition coefficient (Wildman–Crippen LogP) is 5.50. The van der Waals surface area contributed by atoms with E-state index < -0.39 is 11.7 Å². The zero-order chi connectivity index (χ0) is 32.0. The number of hydrogen-bond donors (Lipinski definition) is 0. The van der Waals surface area contributed by atoms with Gasteiger partial charge in [0.2, 0.25) is 5.88 Å². The molecule has 1 aromatic heterocycles. The van der Waals surface area contributed by atoms with Crippen LogP contribution in [0.15, 0.2) is 42.7 Å². The van der Waals surface area contributed by atoms with Crippen molar-refractivity contribution in [1.82, 2.24) is 14.8 Å². The van der Waals surface area contributed by atoms with E-state index in [4.69, 9.17) is 9.72 Å². The molecule has 4 heterocycles. The minimum absolute atomic E-state index is 0.240. The van der Waals surface area contributed by atoms with Crippen molar-refractivity contribution in [3.05, 3.63) is 70.9 Å². The first-order valence-electron chi connectivity index (χ1n) is 15.7. The van der Waals surface area contributed by atoms with Crippen LogP contribution in [0.5, 0.6) is 5.88 Å². The van der Waals surface area contributed by atoms with Crippen LogP contribution in [0.4, 0.5) is 20.2 Å². The molecule has 3 atom stereocenters. The first-order chi connectivity index (χ1) is 21.6. The van der Waals surface area contributed by atoms with Crippen LogP contribution in [0.3, 0.4) is 0 Å². The van der Waals surface area contributed by atoms with E-state index in [1.54, 1.807) is 0 Å². The molecule has 0 spiro atoms.